The summed E-state index contributed by atoms with van der Waals surface area (Å²) < 4.78 is 70.7. The molecule has 2 rings (SSSR count). The largest absolute Gasteiger partial charge is 0.492 e. The predicted octanol–water partition coefficient (Wildman–Crippen LogP) is 3.65. The average Bonchev–Trinajstić information content (AvgIpc) is 2.74. The van der Waals surface area contributed by atoms with Gasteiger partial charge in [0.1, 0.15) is 18.6 Å². The van der Waals surface area contributed by atoms with Crippen LogP contribution in [-0.4, -0.2) is 53.9 Å². The number of nitrogens with zero attached hydrogens (tertiary/aromatic N) is 2. The van der Waals surface area contributed by atoms with Crippen LogP contribution in [0.15, 0.2) is 21.7 Å². The zero-order valence-electron chi connectivity index (χ0n) is 19.0. The standard InChI is InChI=1S/C20H29F3N3O6P/c1-5-25(6-2)9-10-30-17-12-16-15(11-14(17)20(21,22)23)24-18(27)19(28)26(16)13-33(29,31-7-3)32-8-4/h11-12H,5-10,13H2,1-4H3,(H,24,27). The van der Waals surface area contributed by atoms with Crippen LogP contribution in [0.4, 0.5) is 13.2 Å². The molecular formula is C20H29F3N3O6P. The zero-order valence-corrected chi connectivity index (χ0v) is 19.9. The van der Waals surface area contributed by atoms with Gasteiger partial charge in [0.15, 0.2) is 0 Å². The van der Waals surface area contributed by atoms with Gasteiger partial charge in [0.25, 0.3) is 0 Å². The normalized spacial score (nSPS) is 12.6. The number of hydrogen-bond donors (Lipinski definition) is 1. The Balaban J connectivity index is 2.65. The van der Waals surface area contributed by atoms with E-state index in [1.807, 2.05) is 18.7 Å². The molecule has 1 aromatic heterocycles. The van der Waals surface area contributed by atoms with Crippen LogP contribution in [0.25, 0.3) is 11.0 Å². The topological polar surface area (TPSA) is 103 Å². The van der Waals surface area contributed by atoms with Gasteiger partial charge >= 0.3 is 24.9 Å². The van der Waals surface area contributed by atoms with Crippen LogP contribution < -0.4 is 15.9 Å². The van der Waals surface area contributed by atoms with Crippen LogP contribution in [-0.2, 0) is 26.1 Å². The van der Waals surface area contributed by atoms with Gasteiger partial charge in [-0.25, -0.2) is 0 Å². The number of halogens is 3. The van der Waals surface area contributed by atoms with E-state index >= 15 is 0 Å². The van der Waals surface area contributed by atoms with E-state index in [4.69, 9.17) is 13.8 Å². The Morgan fingerprint density at radius 3 is 2.18 bits per heavy atom. The van der Waals surface area contributed by atoms with Crippen molar-refractivity contribution in [3.63, 3.8) is 0 Å². The number of nitrogens with one attached hydrogen (secondary N) is 1. The Morgan fingerprint density at radius 1 is 1.06 bits per heavy atom. The van der Waals surface area contributed by atoms with E-state index in [9.17, 15) is 27.3 Å². The Hall–Kier alpha value is -2.14. The molecule has 0 spiro atoms. The minimum absolute atomic E-state index is 0.00505. The van der Waals surface area contributed by atoms with Crippen LogP contribution in [0.5, 0.6) is 5.75 Å². The second kappa shape index (κ2) is 11.3. The molecule has 0 saturated carbocycles. The van der Waals surface area contributed by atoms with Gasteiger partial charge < -0.3 is 23.7 Å². The van der Waals surface area contributed by atoms with Gasteiger partial charge in [0.2, 0.25) is 0 Å². The first kappa shape index (κ1) is 27.1. The van der Waals surface area contributed by atoms with Crippen LogP contribution in [0.1, 0.15) is 33.3 Å². The maximum Gasteiger partial charge on any atom is 0.420 e. The fourth-order valence-corrected chi connectivity index (χ4v) is 4.94. The SMILES string of the molecule is CCOP(=O)(Cn1c(=O)c(=O)[nH]c2cc(C(F)(F)F)c(OCCN(CC)CC)cc21)OCC. The monoisotopic (exact) mass is 495 g/mol. The number of benzene rings is 1. The van der Waals surface area contributed by atoms with Crippen LogP contribution in [0.2, 0.25) is 0 Å². The molecule has 0 radical (unpaired) electrons. The Bertz CT molecular complexity index is 1100. The first-order chi connectivity index (χ1) is 15.5. The number of aromatic amines is 1. The van der Waals surface area contributed by atoms with Crippen molar-refractivity contribution in [1.29, 1.82) is 0 Å². The highest BCUT2D eigenvalue weighted by molar-refractivity contribution is 7.52. The van der Waals surface area contributed by atoms with Gasteiger partial charge in [0.05, 0.1) is 29.8 Å². The summed E-state index contributed by atoms with van der Waals surface area (Å²) in [5.41, 5.74) is -3.72. The molecule has 9 nitrogen and oxygen atoms in total. The molecule has 0 amide bonds. The number of hydrogen-bond acceptors (Lipinski definition) is 7. The third-order valence-electron chi connectivity index (χ3n) is 4.91. The van der Waals surface area contributed by atoms with E-state index in [1.165, 1.54) is 0 Å². The predicted molar refractivity (Wildman–Crippen MR) is 118 cm³/mol. The second-order valence-corrected chi connectivity index (χ2v) is 9.03. The van der Waals surface area contributed by atoms with E-state index in [2.05, 4.69) is 4.98 Å². The van der Waals surface area contributed by atoms with Crippen LogP contribution >= 0.6 is 7.60 Å². The lowest BCUT2D eigenvalue weighted by Crippen LogP contribution is -2.36. The summed E-state index contributed by atoms with van der Waals surface area (Å²) in [5, 5.41) is 0. The number of ether oxygens (including phenoxy) is 1. The third-order valence-corrected chi connectivity index (χ3v) is 6.84. The molecule has 13 heteroatoms. The van der Waals surface area contributed by atoms with Gasteiger partial charge in [-0.05, 0) is 33.0 Å². The number of rotatable bonds is 12. The number of fused-ring (bicyclic) bond motifs is 1. The number of H-pyrrole nitrogens is 1. The van der Waals surface area contributed by atoms with Crippen molar-refractivity contribution in [2.45, 2.75) is 40.2 Å². The molecule has 1 N–H and O–H groups in total. The molecule has 0 aliphatic heterocycles. The first-order valence-electron chi connectivity index (χ1n) is 10.6. The fourth-order valence-electron chi connectivity index (χ4n) is 3.29. The fraction of sp³-hybridized carbons (Fsp3) is 0.600. The van der Waals surface area contributed by atoms with Crippen molar-refractivity contribution in [2.24, 2.45) is 0 Å². The minimum atomic E-state index is -4.78. The lowest BCUT2D eigenvalue weighted by molar-refractivity contribution is -0.138. The number of likely N-dealkylation sites (N-methyl/N-ethyl adjacent to an activating group) is 1. The van der Waals surface area contributed by atoms with E-state index in [1.54, 1.807) is 13.8 Å². The molecule has 0 atom stereocenters. The van der Waals surface area contributed by atoms with Gasteiger partial charge in [-0.15, -0.1) is 0 Å². The third kappa shape index (κ3) is 6.69. The van der Waals surface area contributed by atoms with Crippen molar-refractivity contribution in [1.82, 2.24) is 14.5 Å². The highest BCUT2D eigenvalue weighted by Gasteiger charge is 2.36. The minimum Gasteiger partial charge on any atom is -0.492 e. The molecule has 0 aliphatic carbocycles. The molecule has 33 heavy (non-hydrogen) atoms. The molecule has 2 aromatic rings. The van der Waals surface area contributed by atoms with Gasteiger partial charge in [0, 0.05) is 12.6 Å². The summed E-state index contributed by atoms with van der Waals surface area (Å²) in [6, 6.07) is 1.71. The van der Waals surface area contributed by atoms with Crippen LogP contribution in [0, 0.1) is 0 Å². The summed E-state index contributed by atoms with van der Waals surface area (Å²) in [6.07, 6.45) is -5.42. The molecule has 0 aliphatic rings. The van der Waals surface area contributed by atoms with Crippen molar-refractivity contribution in [3.8, 4) is 5.75 Å². The maximum atomic E-state index is 13.7. The molecule has 1 heterocycles. The van der Waals surface area contributed by atoms with Crippen molar-refractivity contribution in [3.05, 3.63) is 38.4 Å². The molecular weight excluding hydrogens is 466 g/mol. The Labute approximate surface area is 189 Å². The van der Waals surface area contributed by atoms with Gasteiger partial charge in [-0.2, -0.15) is 13.2 Å². The quantitative estimate of drug-likeness (QED) is 0.354. The second-order valence-electron chi connectivity index (χ2n) is 7.01. The van der Waals surface area contributed by atoms with Crippen molar-refractivity contribution < 1.29 is 31.5 Å². The first-order valence-corrected chi connectivity index (χ1v) is 12.3. The molecule has 0 unspecified atom stereocenters. The smallest absolute Gasteiger partial charge is 0.420 e. The number of aromatic nitrogens is 2. The molecule has 186 valence electrons. The summed E-state index contributed by atoms with van der Waals surface area (Å²) in [4.78, 5) is 28.8. The summed E-state index contributed by atoms with van der Waals surface area (Å²) in [6.45, 7) is 8.77. The van der Waals surface area contributed by atoms with Crippen molar-refractivity contribution in [2.75, 3.05) is 39.5 Å². The van der Waals surface area contributed by atoms with E-state index in [0.717, 1.165) is 10.6 Å². The summed E-state index contributed by atoms with van der Waals surface area (Å²) >= 11 is 0. The Morgan fingerprint density at radius 2 is 1.67 bits per heavy atom. The molecule has 1 aromatic carbocycles. The zero-order chi connectivity index (χ0) is 24.8. The molecule has 0 fully saturated rings. The van der Waals surface area contributed by atoms with E-state index in [0.29, 0.717) is 25.7 Å². The Kier molecular flexibility index (Phi) is 9.30. The summed E-state index contributed by atoms with van der Waals surface area (Å²) in [5.74, 6) is -0.509. The van der Waals surface area contributed by atoms with Gasteiger partial charge in [-0.3, -0.25) is 18.7 Å². The number of alkyl halides is 3. The average molecular weight is 495 g/mol. The highest BCUT2D eigenvalue weighted by Crippen LogP contribution is 2.50. The molecule has 0 bridgehead atoms. The van der Waals surface area contributed by atoms with E-state index < -0.39 is 42.5 Å². The summed E-state index contributed by atoms with van der Waals surface area (Å²) in [7, 11) is -3.85. The maximum absolute atomic E-state index is 13.7. The lowest BCUT2D eigenvalue weighted by atomic mass is 10.1. The highest BCUT2D eigenvalue weighted by atomic mass is 31.2. The van der Waals surface area contributed by atoms with E-state index in [-0.39, 0.29) is 30.9 Å². The van der Waals surface area contributed by atoms with Crippen molar-refractivity contribution >= 4 is 18.6 Å². The van der Waals surface area contributed by atoms with Gasteiger partial charge in [-0.1, -0.05) is 13.8 Å². The van der Waals surface area contributed by atoms with Crippen LogP contribution in [0.3, 0.4) is 0 Å². The lowest BCUT2D eigenvalue weighted by Gasteiger charge is -2.21. The molecule has 0 saturated heterocycles.